The van der Waals surface area contributed by atoms with Gasteiger partial charge in [-0.1, -0.05) is 31.2 Å². The molecular formula is C15H15N3S. The van der Waals surface area contributed by atoms with Crippen LogP contribution in [0.3, 0.4) is 0 Å². The molecule has 96 valence electrons. The van der Waals surface area contributed by atoms with Gasteiger partial charge in [0.1, 0.15) is 5.82 Å². The van der Waals surface area contributed by atoms with E-state index in [-0.39, 0.29) is 0 Å². The first kappa shape index (κ1) is 12.1. The average molecular weight is 269 g/mol. The Morgan fingerprint density at radius 2 is 2.16 bits per heavy atom. The molecule has 4 heteroatoms. The zero-order chi connectivity index (χ0) is 13.2. The first-order chi connectivity index (χ1) is 9.33. The Morgan fingerprint density at radius 1 is 1.26 bits per heavy atom. The molecule has 0 saturated carbocycles. The van der Waals surface area contributed by atoms with Gasteiger partial charge >= 0.3 is 0 Å². The first-order valence-corrected chi connectivity index (χ1v) is 7.14. The number of anilines is 1. The van der Waals surface area contributed by atoms with Crippen molar-refractivity contribution in [1.82, 2.24) is 4.98 Å². The lowest BCUT2D eigenvalue weighted by Gasteiger charge is -2.10. The number of nitrogen functional groups attached to an aromatic ring is 1. The van der Waals surface area contributed by atoms with E-state index in [4.69, 9.17) is 10.8 Å². The highest BCUT2D eigenvalue weighted by atomic mass is 32.1. The van der Waals surface area contributed by atoms with Crippen LogP contribution in [0.1, 0.15) is 12.5 Å². The Labute approximate surface area is 116 Å². The summed E-state index contributed by atoms with van der Waals surface area (Å²) in [6.45, 7) is 2.14. The highest BCUT2D eigenvalue weighted by Crippen LogP contribution is 2.33. The van der Waals surface area contributed by atoms with Gasteiger partial charge in [0, 0.05) is 15.8 Å². The molecule has 3 nitrogen and oxygen atoms in total. The van der Waals surface area contributed by atoms with Crippen LogP contribution in [0, 0.1) is 0 Å². The Kier molecular flexibility index (Phi) is 3.19. The van der Waals surface area contributed by atoms with Crippen LogP contribution in [0.5, 0.6) is 0 Å². The summed E-state index contributed by atoms with van der Waals surface area (Å²) in [6, 6.07) is 12.6. The molecule has 2 aromatic heterocycles. The first-order valence-electron chi connectivity index (χ1n) is 6.26. The average Bonchev–Trinajstić information content (AvgIpc) is 2.99. The second kappa shape index (κ2) is 4.99. The summed E-state index contributed by atoms with van der Waals surface area (Å²) in [6.07, 6.45) is 0.965. The van der Waals surface area contributed by atoms with E-state index in [0.29, 0.717) is 0 Å². The number of para-hydroxylation sites is 1. The van der Waals surface area contributed by atoms with Gasteiger partial charge in [0.25, 0.3) is 0 Å². The predicted molar refractivity (Wildman–Crippen MR) is 82.2 cm³/mol. The zero-order valence-electron chi connectivity index (χ0n) is 10.7. The van der Waals surface area contributed by atoms with Crippen molar-refractivity contribution in [3.8, 4) is 10.4 Å². The Morgan fingerprint density at radius 3 is 2.84 bits per heavy atom. The second-order valence-electron chi connectivity index (χ2n) is 4.35. The minimum absolute atomic E-state index is 0.732. The Balaban J connectivity index is 2.30. The maximum atomic E-state index is 5.63. The van der Waals surface area contributed by atoms with Crippen molar-refractivity contribution in [2.24, 2.45) is 5.84 Å². The van der Waals surface area contributed by atoms with E-state index in [9.17, 15) is 0 Å². The summed E-state index contributed by atoms with van der Waals surface area (Å²) in [5, 5.41) is 3.21. The van der Waals surface area contributed by atoms with Crippen LogP contribution in [-0.2, 0) is 6.42 Å². The summed E-state index contributed by atoms with van der Waals surface area (Å²) < 4.78 is 0. The van der Waals surface area contributed by atoms with Gasteiger partial charge in [-0.15, -0.1) is 11.3 Å². The van der Waals surface area contributed by atoms with Crippen LogP contribution in [0.2, 0.25) is 0 Å². The van der Waals surface area contributed by atoms with Crippen LogP contribution in [0.25, 0.3) is 21.3 Å². The van der Waals surface area contributed by atoms with Crippen molar-refractivity contribution in [2.75, 3.05) is 5.43 Å². The van der Waals surface area contributed by atoms with Gasteiger partial charge in [0.05, 0.1) is 5.52 Å². The molecule has 19 heavy (non-hydrogen) atoms. The highest BCUT2D eigenvalue weighted by molar-refractivity contribution is 7.13. The second-order valence-corrected chi connectivity index (χ2v) is 5.30. The van der Waals surface area contributed by atoms with Crippen molar-refractivity contribution < 1.29 is 0 Å². The number of aryl methyl sites for hydroxylation is 1. The number of aromatic nitrogens is 1. The number of pyridine rings is 1. The largest absolute Gasteiger partial charge is 0.308 e. The predicted octanol–water partition coefficient (Wildman–Crippen LogP) is 3.81. The fraction of sp³-hybridized carbons (Fsp3) is 0.133. The number of hydrazine groups is 1. The monoisotopic (exact) mass is 269 g/mol. The number of hydrogen-bond acceptors (Lipinski definition) is 4. The molecule has 0 saturated heterocycles. The summed E-state index contributed by atoms with van der Waals surface area (Å²) in [7, 11) is 0. The molecular weight excluding hydrogens is 254 g/mol. The van der Waals surface area contributed by atoms with E-state index in [2.05, 4.69) is 48.1 Å². The maximum Gasteiger partial charge on any atom is 0.149 e. The van der Waals surface area contributed by atoms with Crippen molar-refractivity contribution in [1.29, 1.82) is 0 Å². The molecule has 2 heterocycles. The fourth-order valence-corrected chi connectivity index (χ4v) is 3.02. The van der Waals surface area contributed by atoms with Gasteiger partial charge in [-0.25, -0.2) is 10.8 Å². The SMILES string of the molecule is CCc1cccc2cc(-c3cccs3)c(NN)nc12. The van der Waals surface area contributed by atoms with Crippen molar-refractivity contribution in [3.63, 3.8) is 0 Å². The van der Waals surface area contributed by atoms with E-state index < -0.39 is 0 Å². The number of rotatable bonds is 3. The smallest absolute Gasteiger partial charge is 0.149 e. The quantitative estimate of drug-likeness (QED) is 0.561. The van der Waals surface area contributed by atoms with Gasteiger partial charge < -0.3 is 5.43 Å². The van der Waals surface area contributed by atoms with Gasteiger partial charge in [0.2, 0.25) is 0 Å². The standard InChI is InChI=1S/C15H15N3S/c1-2-10-5-3-6-11-9-12(13-7-4-8-19-13)15(18-16)17-14(10)11/h3-9H,2,16H2,1H3,(H,17,18). The van der Waals surface area contributed by atoms with E-state index in [1.807, 2.05) is 6.07 Å². The maximum absolute atomic E-state index is 5.63. The lowest BCUT2D eigenvalue weighted by Crippen LogP contribution is -2.10. The highest BCUT2D eigenvalue weighted by Gasteiger charge is 2.10. The number of nitrogens with one attached hydrogen (secondary N) is 1. The molecule has 0 radical (unpaired) electrons. The molecule has 3 rings (SSSR count). The van der Waals surface area contributed by atoms with Gasteiger partial charge in [-0.3, -0.25) is 0 Å². The van der Waals surface area contributed by atoms with Crippen LogP contribution in [-0.4, -0.2) is 4.98 Å². The van der Waals surface area contributed by atoms with Gasteiger partial charge in [-0.2, -0.15) is 0 Å². The lowest BCUT2D eigenvalue weighted by atomic mass is 10.1. The third-order valence-corrected chi connectivity index (χ3v) is 4.14. The molecule has 3 aromatic rings. The van der Waals surface area contributed by atoms with E-state index >= 15 is 0 Å². The molecule has 0 amide bonds. The van der Waals surface area contributed by atoms with E-state index in [0.717, 1.165) is 28.7 Å². The van der Waals surface area contributed by atoms with Crippen LogP contribution >= 0.6 is 11.3 Å². The topological polar surface area (TPSA) is 50.9 Å². The molecule has 0 aliphatic carbocycles. The molecule has 3 N–H and O–H groups in total. The molecule has 0 bridgehead atoms. The van der Waals surface area contributed by atoms with E-state index in [1.165, 1.54) is 10.4 Å². The summed E-state index contributed by atoms with van der Waals surface area (Å²) in [4.78, 5) is 5.86. The molecule has 0 atom stereocenters. The van der Waals surface area contributed by atoms with Crippen molar-refractivity contribution in [3.05, 3.63) is 47.3 Å². The zero-order valence-corrected chi connectivity index (χ0v) is 11.5. The minimum atomic E-state index is 0.732. The van der Waals surface area contributed by atoms with Crippen LogP contribution in [0.15, 0.2) is 41.8 Å². The third-order valence-electron chi connectivity index (χ3n) is 3.23. The number of nitrogens with two attached hydrogens (primary N) is 1. The number of fused-ring (bicyclic) bond motifs is 1. The number of benzene rings is 1. The van der Waals surface area contributed by atoms with Crippen LogP contribution in [0.4, 0.5) is 5.82 Å². The normalized spacial score (nSPS) is 10.8. The summed E-state index contributed by atoms with van der Waals surface area (Å²) in [5.41, 5.74) is 6.05. The molecule has 1 aromatic carbocycles. The lowest BCUT2D eigenvalue weighted by molar-refractivity contribution is 1.14. The van der Waals surface area contributed by atoms with Crippen LogP contribution < -0.4 is 11.3 Å². The van der Waals surface area contributed by atoms with Gasteiger partial charge in [0.15, 0.2) is 0 Å². The van der Waals surface area contributed by atoms with E-state index in [1.54, 1.807) is 11.3 Å². The Hall–Kier alpha value is -1.91. The van der Waals surface area contributed by atoms with Crippen molar-refractivity contribution >= 4 is 28.1 Å². The number of hydrogen-bond donors (Lipinski definition) is 2. The fourth-order valence-electron chi connectivity index (χ4n) is 2.27. The summed E-state index contributed by atoms with van der Waals surface area (Å²) >= 11 is 1.69. The minimum Gasteiger partial charge on any atom is -0.308 e. The third kappa shape index (κ3) is 2.09. The Bertz CT molecular complexity index is 705. The molecule has 0 aliphatic heterocycles. The molecule has 0 fully saturated rings. The van der Waals surface area contributed by atoms with Gasteiger partial charge in [-0.05, 0) is 29.5 Å². The van der Waals surface area contributed by atoms with Crippen molar-refractivity contribution in [2.45, 2.75) is 13.3 Å². The number of nitrogens with zero attached hydrogens (tertiary/aromatic N) is 1. The molecule has 0 unspecified atom stereocenters. The molecule has 0 aliphatic rings. The number of thiophene rings is 1. The molecule has 0 spiro atoms. The summed E-state index contributed by atoms with van der Waals surface area (Å²) in [5.74, 6) is 6.36.